The molecule has 0 aliphatic rings. The van der Waals surface area contributed by atoms with E-state index in [4.69, 9.17) is 11.6 Å². The van der Waals surface area contributed by atoms with Crippen LogP contribution in [0, 0.1) is 6.92 Å². The summed E-state index contributed by atoms with van der Waals surface area (Å²) in [5.41, 5.74) is 1.27. The van der Waals surface area contributed by atoms with Gasteiger partial charge < -0.3 is 4.57 Å². The first-order chi connectivity index (χ1) is 5.25. The van der Waals surface area contributed by atoms with Crippen LogP contribution in [0.2, 0.25) is 0 Å². The number of rotatable bonds is 3. The van der Waals surface area contributed by atoms with Crippen molar-refractivity contribution in [2.75, 3.05) is 5.88 Å². The minimum atomic E-state index is 0.726. The van der Waals surface area contributed by atoms with E-state index < -0.39 is 0 Å². The predicted octanol–water partition coefficient (Wildman–Crippen LogP) is 1.90. The van der Waals surface area contributed by atoms with Gasteiger partial charge in [0.05, 0.1) is 0 Å². The zero-order chi connectivity index (χ0) is 8.27. The fourth-order valence-corrected chi connectivity index (χ4v) is 1.16. The maximum atomic E-state index is 5.58. The molecule has 1 rings (SSSR count). The standard InChI is InChI=1S/C8H13ClN2/c1-7-10-6-8(11(7)2)4-3-5-9/h6H,3-5H2,1-2H3. The molecule has 2 nitrogen and oxygen atoms in total. The van der Waals surface area contributed by atoms with Gasteiger partial charge in [-0.3, -0.25) is 0 Å². The van der Waals surface area contributed by atoms with Crippen molar-refractivity contribution in [3.05, 3.63) is 17.7 Å². The third-order valence-corrected chi connectivity index (χ3v) is 2.15. The summed E-state index contributed by atoms with van der Waals surface area (Å²) in [6.07, 6.45) is 3.98. The molecular weight excluding hydrogens is 160 g/mol. The molecule has 0 saturated carbocycles. The summed E-state index contributed by atoms with van der Waals surface area (Å²) in [7, 11) is 2.03. The molecule has 0 bridgehead atoms. The number of aryl methyl sites for hydroxylation is 2. The van der Waals surface area contributed by atoms with Gasteiger partial charge in [-0.2, -0.15) is 0 Å². The van der Waals surface area contributed by atoms with Crippen LogP contribution in [0.3, 0.4) is 0 Å². The summed E-state index contributed by atoms with van der Waals surface area (Å²) < 4.78 is 2.10. The van der Waals surface area contributed by atoms with Crippen molar-refractivity contribution in [1.29, 1.82) is 0 Å². The fraction of sp³-hybridized carbons (Fsp3) is 0.625. The van der Waals surface area contributed by atoms with Gasteiger partial charge in [-0.1, -0.05) is 0 Å². The topological polar surface area (TPSA) is 17.8 Å². The molecule has 0 aliphatic carbocycles. The van der Waals surface area contributed by atoms with Gasteiger partial charge in [0, 0.05) is 24.8 Å². The van der Waals surface area contributed by atoms with Crippen LogP contribution < -0.4 is 0 Å². The molecule has 0 fully saturated rings. The second kappa shape index (κ2) is 3.77. The molecule has 0 N–H and O–H groups in total. The molecule has 3 heteroatoms. The van der Waals surface area contributed by atoms with Crippen molar-refractivity contribution in [1.82, 2.24) is 9.55 Å². The average molecular weight is 173 g/mol. The normalized spacial score (nSPS) is 10.5. The predicted molar refractivity (Wildman–Crippen MR) is 47.0 cm³/mol. The van der Waals surface area contributed by atoms with E-state index in [2.05, 4.69) is 9.55 Å². The highest BCUT2D eigenvalue weighted by molar-refractivity contribution is 6.17. The molecule has 0 unspecified atom stereocenters. The van der Waals surface area contributed by atoms with E-state index in [-0.39, 0.29) is 0 Å². The lowest BCUT2D eigenvalue weighted by molar-refractivity contribution is 0.765. The first-order valence-corrected chi connectivity index (χ1v) is 4.32. The lowest BCUT2D eigenvalue weighted by Gasteiger charge is -2.00. The Morgan fingerprint density at radius 1 is 1.64 bits per heavy atom. The third-order valence-electron chi connectivity index (χ3n) is 1.88. The minimum absolute atomic E-state index is 0.726. The molecule has 62 valence electrons. The Morgan fingerprint density at radius 2 is 2.36 bits per heavy atom. The summed E-state index contributed by atoms with van der Waals surface area (Å²) >= 11 is 5.58. The number of nitrogens with zero attached hydrogens (tertiary/aromatic N) is 2. The quantitative estimate of drug-likeness (QED) is 0.637. The first-order valence-electron chi connectivity index (χ1n) is 3.79. The van der Waals surface area contributed by atoms with E-state index in [0.29, 0.717) is 0 Å². The monoisotopic (exact) mass is 172 g/mol. The number of imidazole rings is 1. The maximum absolute atomic E-state index is 5.58. The highest BCUT2D eigenvalue weighted by Crippen LogP contribution is 2.04. The van der Waals surface area contributed by atoms with Crippen LogP contribution in [0.1, 0.15) is 17.9 Å². The first kappa shape index (κ1) is 8.60. The molecule has 0 aliphatic heterocycles. The molecule has 1 aromatic heterocycles. The molecule has 0 radical (unpaired) electrons. The van der Waals surface area contributed by atoms with E-state index in [0.717, 1.165) is 24.5 Å². The highest BCUT2D eigenvalue weighted by atomic mass is 35.5. The zero-order valence-electron chi connectivity index (χ0n) is 6.97. The number of alkyl halides is 1. The van der Waals surface area contributed by atoms with Gasteiger partial charge >= 0.3 is 0 Å². The summed E-state index contributed by atoms with van der Waals surface area (Å²) in [6.45, 7) is 2.00. The van der Waals surface area contributed by atoms with Gasteiger partial charge in [0.1, 0.15) is 5.82 Å². The Labute approximate surface area is 72.2 Å². The van der Waals surface area contributed by atoms with Gasteiger partial charge in [-0.05, 0) is 19.8 Å². The van der Waals surface area contributed by atoms with Crippen LogP contribution in [0.4, 0.5) is 0 Å². The number of hydrogen-bond donors (Lipinski definition) is 0. The SMILES string of the molecule is Cc1ncc(CCCCl)n1C. The summed E-state index contributed by atoms with van der Waals surface area (Å²) in [5, 5.41) is 0. The summed E-state index contributed by atoms with van der Waals surface area (Å²) in [5.74, 6) is 1.79. The lowest BCUT2D eigenvalue weighted by Crippen LogP contribution is -1.98. The second-order valence-corrected chi connectivity index (χ2v) is 3.03. The van der Waals surface area contributed by atoms with Gasteiger partial charge in [0.25, 0.3) is 0 Å². The molecule has 0 saturated heterocycles. The van der Waals surface area contributed by atoms with Crippen molar-refractivity contribution < 1.29 is 0 Å². The van der Waals surface area contributed by atoms with Crippen molar-refractivity contribution in [2.45, 2.75) is 19.8 Å². The zero-order valence-corrected chi connectivity index (χ0v) is 7.73. The van der Waals surface area contributed by atoms with Crippen LogP contribution in [-0.2, 0) is 13.5 Å². The molecule has 0 atom stereocenters. The van der Waals surface area contributed by atoms with Crippen LogP contribution in [-0.4, -0.2) is 15.4 Å². The lowest BCUT2D eigenvalue weighted by atomic mass is 10.3. The van der Waals surface area contributed by atoms with E-state index in [1.54, 1.807) is 0 Å². The van der Waals surface area contributed by atoms with Crippen molar-refractivity contribution >= 4 is 11.6 Å². The molecule has 0 amide bonds. The second-order valence-electron chi connectivity index (χ2n) is 2.65. The number of halogens is 1. The number of hydrogen-bond acceptors (Lipinski definition) is 1. The van der Waals surface area contributed by atoms with Crippen LogP contribution in [0.25, 0.3) is 0 Å². The van der Waals surface area contributed by atoms with E-state index in [9.17, 15) is 0 Å². The Kier molecular flexibility index (Phi) is 2.94. The van der Waals surface area contributed by atoms with Gasteiger partial charge in [-0.25, -0.2) is 4.98 Å². The molecule has 0 aromatic carbocycles. The fourth-order valence-electron chi connectivity index (χ4n) is 1.03. The Hall–Kier alpha value is -0.500. The molecule has 1 aromatic rings. The van der Waals surface area contributed by atoms with E-state index in [1.165, 1.54) is 5.69 Å². The summed E-state index contributed by atoms with van der Waals surface area (Å²) in [6, 6.07) is 0. The summed E-state index contributed by atoms with van der Waals surface area (Å²) in [4.78, 5) is 4.19. The van der Waals surface area contributed by atoms with Gasteiger partial charge in [0.15, 0.2) is 0 Å². The van der Waals surface area contributed by atoms with Crippen molar-refractivity contribution in [2.24, 2.45) is 7.05 Å². The Morgan fingerprint density at radius 3 is 2.82 bits per heavy atom. The van der Waals surface area contributed by atoms with Gasteiger partial charge in [-0.15, -0.1) is 11.6 Å². The van der Waals surface area contributed by atoms with E-state index in [1.807, 2.05) is 20.2 Å². The van der Waals surface area contributed by atoms with Crippen molar-refractivity contribution in [3.63, 3.8) is 0 Å². The molecule has 1 heterocycles. The Balaban J connectivity index is 2.63. The molecule has 11 heavy (non-hydrogen) atoms. The van der Waals surface area contributed by atoms with Crippen LogP contribution >= 0.6 is 11.6 Å². The highest BCUT2D eigenvalue weighted by Gasteiger charge is 2.00. The largest absolute Gasteiger partial charge is 0.335 e. The maximum Gasteiger partial charge on any atom is 0.105 e. The van der Waals surface area contributed by atoms with Crippen LogP contribution in [0.15, 0.2) is 6.20 Å². The van der Waals surface area contributed by atoms with Crippen LogP contribution in [0.5, 0.6) is 0 Å². The number of aromatic nitrogens is 2. The van der Waals surface area contributed by atoms with E-state index >= 15 is 0 Å². The minimum Gasteiger partial charge on any atom is -0.335 e. The van der Waals surface area contributed by atoms with Crippen molar-refractivity contribution in [3.8, 4) is 0 Å². The average Bonchev–Trinajstić information content (AvgIpc) is 2.31. The Bertz CT molecular complexity index is 230. The molecular formula is C8H13ClN2. The van der Waals surface area contributed by atoms with Gasteiger partial charge in [0.2, 0.25) is 0 Å². The third kappa shape index (κ3) is 1.96. The smallest absolute Gasteiger partial charge is 0.105 e. The molecule has 0 spiro atoms.